The van der Waals surface area contributed by atoms with E-state index in [0.29, 0.717) is 5.02 Å². The molecular weight excluding hydrogens is 178 g/mol. The zero-order valence-electron chi connectivity index (χ0n) is 6.58. The molecule has 1 rings (SSSR count). The molecule has 0 spiro atoms. The van der Waals surface area contributed by atoms with Gasteiger partial charge < -0.3 is 4.57 Å². The number of carbonyl (C=O) groups excluding carboxylic acids is 1. The molecule has 0 radical (unpaired) electrons. The van der Waals surface area contributed by atoms with E-state index in [1.165, 1.54) is 29.8 Å². The van der Waals surface area contributed by atoms with Crippen LogP contribution < -0.4 is 5.56 Å². The molecule has 4 heteroatoms. The molecule has 0 fully saturated rings. The molecule has 0 aliphatic rings. The average molecular weight is 186 g/mol. The first-order valence-corrected chi connectivity index (χ1v) is 3.83. The number of aromatic nitrogens is 1. The van der Waals surface area contributed by atoms with Gasteiger partial charge in [-0.15, -0.1) is 0 Å². The summed E-state index contributed by atoms with van der Waals surface area (Å²) in [6.45, 7) is 1.51. The largest absolute Gasteiger partial charge is 0.307 e. The Balaban J connectivity index is 3.06. The minimum Gasteiger partial charge on any atom is -0.307 e. The minimum absolute atomic E-state index is 0.0700. The lowest BCUT2D eigenvalue weighted by Crippen LogP contribution is -2.21. The highest BCUT2D eigenvalue weighted by molar-refractivity contribution is 6.30. The topological polar surface area (TPSA) is 39.1 Å². The maximum atomic E-state index is 11.1. The Kier molecular flexibility index (Phi) is 2.65. The lowest BCUT2D eigenvalue weighted by Gasteiger charge is -2.01. The molecule has 0 aliphatic carbocycles. The highest BCUT2D eigenvalue weighted by Gasteiger charge is 1.98. The molecule has 3 nitrogen and oxygen atoms in total. The summed E-state index contributed by atoms with van der Waals surface area (Å²) in [6.07, 6.45) is 1.45. The van der Waals surface area contributed by atoms with Gasteiger partial charge in [0.15, 0.2) is 0 Å². The van der Waals surface area contributed by atoms with Crippen molar-refractivity contribution < 1.29 is 4.79 Å². The third-order valence-electron chi connectivity index (χ3n) is 1.34. The van der Waals surface area contributed by atoms with Crippen LogP contribution in [0.25, 0.3) is 0 Å². The standard InChI is InChI=1S/C8H8ClNO2/c1-6(11)4-10-5-7(9)2-3-8(10)12/h2-3,5H,4H2,1H3. The van der Waals surface area contributed by atoms with Crippen LogP contribution in [0, 0.1) is 0 Å². The summed E-state index contributed by atoms with van der Waals surface area (Å²) >= 11 is 5.63. The summed E-state index contributed by atoms with van der Waals surface area (Å²) in [5.74, 6) is -0.0700. The molecule has 0 saturated heterocycles. The number of hydrogen-bond donors (Lipinski definition) is 0. The second-order valence-corrected chi connectivity index (χ2v) is 2.95. The van der Waals surface area contributed by atoms with Crippen LogP contribution >= 0.6 is 11.6 Å². The Morgan fingerprint density at radius 3 is 2.83 bits per heavy atom. The van der Waals surface area contributed by atoms with E-state index in [-0.39, 0.29) is 17.9 Å². The van der Waals surface area contributed by atoms with Crippen molar-refractivity contribution >= 4 is 17.4 Å². The SMILES string of the molecule is CC(=O)Cn1cc(Cl)ccc1=O. The number of Topliss-reactive ketones (excluding diaryl/α,β-unsaturated/α-hetero) is 1. The van der Waals surface area contributed by atoms with Crippen molar-refractivity contribution in [1.29, 1.82) is 0 Å². The summed E-state index contributed by atoms with van der Waals surface area (Å²) in [7, 11) is 0. The second-order valence-electron chi connectivity index (χ2n) is 2.52. The Labute approximate surface area is 74.6 Å². The first-order valence-electron chi connectivity index (χ1n) is 3.45. The Hall–Kier alpha value is -1.09. The summed E-state index contributed by atoms with van der Waals surface area (Å²) in [5, 5.41) is 0.454. The second kappa shape index (κ2) is 3.54. The summed E-state index contributed by atoms with van der Waals surface area (Å²) < 4.78 is 1.28. The lowest BCUT2D eigenvalue weighted by atomic mass is 10.4. The normalized spacial score (nSPS) is 9.83. The molecule has 0 atom stereocenters. The molecule has 0 aromatic carbocycles. The number of ketones is 1. The van der Waals surface area contributed by atoms with E-state index in [1.54, 1.807) is 0 Å². The van der Waals surface area contributed by atoms with Gasteiger partial charge in [0.25, 0.3) is 5.56 Å². The third kappa shape index (κ3) is 2.20. The van der Waals surface area contributed by atoms with Crippen molar-refractivity contribution in [2.75, 3.05) is 0 Å². The van der Waals surface area contributed by atoms with Gasteiger partial charge in [-0.2, -0.15) is 0 Å². The third-order valence-corrected chi connectivity index (χ3v) is 1.56. The molecule has 0 bridgehead atoms. The first kappa shape index (κ1) is 9.00. The molecule has 0 saturated carbocycles. The van der Waals surface area contributed by atoms with E-state index in [1.807, 2.05) is 0 Å². The minimum atomic E-state index is -0.213. The molecule has 64 valence electrons. The van der Waals surface area contributed by atoms with E-state index in [0.717, 1.165) is 0 Å². The van der Waals surface area contributed by atoms with E-state index >= 15 is 0 Å². The number of halogens is 1. The maximum Gasteiger partial charge on any atom is 0.251 e. The summed E-state index contributed by atoms with van der Waals surface area (Å²) in [6, 6.07) is 2.84. The van der Waals surface area contributed by atoms with Crippen LogP contribution in [0.5, 0.6) is 0 Å². The number of carbonyl (C=O) groups is 1. The van der Waals surface area contributed by atoms with Gasteiger partial charge in [-0.3, -0.25) is 9.59 Å². The van der Waals surface area contributed by atoms with Crippen molar-refractivity contribution in [3.05, 3.63) is 33.7 Å². The van der Waals surface area contributed by atoms with Gasteiger partial charge >= 0.3 is 0 Å². The summed E-state index contributed by atoms with van der Waals surface area (Å²) in [5.41, 5.74) is -0.213. The highest BCUT2D eigenvalue weighted by Crippen LogP contribution is 2.02. The van der Waals surface area contributed by atoms with Gasteiger partial charge in [0, 0.05) is 12.3 Å². The van der Waals surface area contributed by atoms with Gasteiger partial charge in [-0.1, -0.05) is 11.6 Å². The molecule has 0 unspecified atom stereocenters. The molecule has 1 aromatic heterocycles. The van der Waals surface area contributed by atoms with Crippen molar-refractivity contribution in [1.82, 2.24) is 4.57 Å². The predicted molar refractivity (Wildman–Crippen MR) is 46.4 cm³/mol. The lowest BCUT2D eigenvalue weighted by molar-refractivity contribution is -0.117. The maximum absolute atomic E-state index is 11.1. The first-order chi connectivity index (χ1) is 5.59. The average Bonchev–Trinajstić information content (AvgIpc) is 1.96. The molecular formula is C8H8ClNO2. The van der Waals surface area contributed by atoms with Crippen LogP contribution in [0.2, 0.25) is 5.02 Å². The zero-order chi connectivity index (χ0) is 9.14. The fourth-order valence-corrected chi connectivity index (χ4v) is 1.05. The van der Waals surface area contributed by atoms with Crippen LogP contribution in [0.15, 0.2) is 23.1 Å². The van der Waals surface area contributed by atoms with E-state index in [4.69, 9.17) is 11.6 Å². The van der Waals surface area contributed by atoms with Crippen molar-refractivity contribution in [2.24, 2.45) is 0 Å². The molecule has 12 heavy (non-hydrogen) atoms. The van der Waals surface area contributed by atoms with Crippen LogP contribution in [0.4, 0.5) is 0 Å². The van der Waals surface area contributed by atoms with Crippen molar-refractivity contribution in [2.45, 2.75) is 13.5 Å². The van der Waals surface area contributed by atoms with Crippen molar-refractivity contribution in [3.8, 4) is 0 Å². The molecule has 1 aromatic rings. The van der Waals surface area contributed by atoms with E-state index in [9.17, 15) is 9.59 Å². The fourth-order valence-electron chi connectivity index (χ4n) is 0.866. The molecule has 0 amide bonds. The Morgan fingerprint density at radius 1 is 1.58 bits per heavy atom. The van der Waals surface area contributed by atoms with Crippen LogP contribution in [0.1, 0.15) is 6.92 Å². The number of rotatable bonds is 2. The van der Waals surface area contributed by atoms with Crippen LogP contribution in [0.3, 0.4) is 0 Å². The van der Waals surface area contributed by atoms with Gasteiger partial charge in [0.2, 0.25) is 0 Å². The van der Waals surface area contributed by atoms with Gasteiger partial charge in [0.1, 0.15) is 5.78 Å². The fraction of sp³-hybridized carbons (Fsp3) is 0.250. The zero-order valence-corrected chi connectivity index (χ0v) is 7.34. The number of nitrogens with zero attached hydrogens (tertiary/aromatic N) is 1. The molecule has 1 heterocycles. The predicted octanol–water partition coefficient (Wildman–Crippen LogP) is 1.09. The van der Waals surface area contributed by atoms with Gasteiger partial charge in [-0.25, -0.2) is 0 Å². The van der Waals surface area contributed by atoms with Crippen molar-refractivity contribution in [3.63, 3.8) is 0 Å². The monoisotopic (exact) mass is 185 g/mol. The van der Waals surface area contributed by atoms with Crippen LogP contribution in [-0.4, -0.2) is 10.4 Å². The Bertz CT molecular complexity index is 356. The quantitative estimate of drug-likeness (QED) is 0.692. The van der Waals surface area contributed by atoms with Gasteiger partial charge in [0.05, 0.1) is 11.6 Å². The highest BCUT2D eigenvalue weighted by atomic mass is 35.5. The Morgan fingerprint density at radius 2 is 2.25 bits per heavy atom. The molecule has 0 aliphatic heterocycles. The van der Waals surface area contributed by atoms with E-state index in [2.05, 4.69) is 0 Å². The smallest absolute Gasteiger partial charge is 0.251 e. The van der Waals surface area contributed by atoms with E-state index < -0.39 is 0 Å². The molecule has 0 N–H and O–H groups in total. The number of pyridine rings is 1. The van der Waals surface area contributed by atoms with Crippen LogP contribution in [-0.2, 0) is 11.3 Å². The van der Waals surface area contributed by atoms with Gasteiger partial charge in [-0.05, 0) is 13.0 Å². The number of hydrogen-bond acceptors (Lipinski definition) is 2. The summed E-state index contributed by atoms with van der Waals surface area (Å²) in [4.78, 5) is 21.7.